The first kappa shape index (κ1) is 21.5. The molecule has 1 aromatic carbocycles. The zero-order valence-electron chi connectivity index (χ0n) is 16.7. The van der Waals surface area contributed by atoms with Gasteiger partial charge in [-0.15, -0.1) is 34.2 Å². The van der Waals surface area contributed by atoms with E-state index in [0.717, 1.165) is 56.5 Å². The van der Waals surface area contributed by atoms with Crippen molar-refractivity contribution in [3.8, 4) is 0 Å². The van der Waals surface area contributed by atoms with Gasteiger partial charge in [0.25, 0.3) is 0 Å². The quantitative estimate of drug-likeness (QED) is 0.233. The Morgan fingerprint density at radius 3 is 2.76 bits per heavy atom. The van der Waals surface area contributed by atoms with E-state index in [1.807, 2.05) is 28.8 Å². The molecule has 0 fully saturated rings. The molecule has 0 radical (unpaired) electrons. The number of hydrogen-bond acceptors (Lipinski definition) is 4. The van der Waals surface area contributed by atoms with Crippen LogP contribution in [-0.4, -0.2) is 52.1 Å². The molecule has 0 unspecified atom stereocenters. The second kappa shape index (κ2) is 10.5. The van der Waals surface area contributed by atoms with Gasteiger partial charge in [0.2, 0.25) is 0 Å². The average Bonchev–Trinajstić information content (AvgIpc) is 3.16. The summed E-state index contributed by atoms with van der Waals surface area (Å²) in [7, 11) is 1.79. The molecular weight excluding hydrogens is 477 g/mol. The molecule has 0 saturated carbocycles. The van der Waals surface area contributed by atoms with E-state index >= 15 is 0 Å². The summed E-state index contributed by atoms with van der Waals surface area (Å²) in [5.41, 5.74) is 3.83. The highest BCUT2D eigenvalue weighted by Gasteiger charge is 2.14. The Kier molecular flexibility index (Phi) is 7.82. The third kappa shape index (κ3) is 5.45. The minimum absolute atomic E-state index is 0. The predicted octanol–water partition coefficient (Wildman–Crippen LogP) is 2.46. The standard InChI is InChI=1S/C21H27N7.HI/c1-22-21(24-15-20-26-25-19-9-4-5-13-28(19)20)23-11-6-12-27-14-10-17-7-2-3-8-18(17)16-27;/h2-5,7-9,13H,6,10-12,14-16H2,1H3,(H2,22,23,24);1H. The molecule has 2 N–H and O–H groups in total. The first-order chi connectivity index (χ1) is 13.8. The molecule has 8 heteroatoms. The molecule has 154 valence electrons. The predicted molar refractivity (Wildman–Crippen MR) is 127 cm³/mol. The Hall–Kier alpha value is -2.20. The fourth-order valence-corrected chi connectivity index (χ4v) is 3.65. The lowest BCUT2D eigenvalue weighted by molar-refractivity contribution is 0.251. The molecule has 0 aliphatic carbocycles. The topological polar surface area (TPSA) is 69.8 Å². The molecule has 3 heterocycles. The number of nitrogens with one attached hydrogen (secondary N) is 2. The highest BCUT2D eigenvalue weighted by atomic mass is 127. The van der Waals surface area contributed by atoms with Crippen molar-refractivity contribution in [3.63, 3.8) is 0 Å². The van der Waals surface area contributed by atoms with Crippen molar-refractivity contribution < 1.29 is 0 Å². The number of aromatic nitrogens is 3. The third-order valence-electron chi connectivity index (χ3n) is 5.18. The lowest BCUT2D eigenvalue weighted by Gasteiger charge is -2.28. The molecule has 29 heavy (non-hydrogen) atoms. The fraction of sp³-hybridized carbons (Fsp3) is 0.381. The van der Waals surface area contributed by atoms with Gasteiger partial charge in [0.1, 0.15) is 0 Å². The zero-order chi connectivity index (χ0) is 19.2. The Bertz CT molecular complexity index is 953. The second-order valence-corrected chi connectivity index (χ2v) is 7.05. The van der Waals surface area contributed by atoms with Gasteiger partial charge in [0, 0.05) is 39.4 Å². The number of fused-ring (bicyclic) bond motifs is 2. The van der Waals surface area contributed by atoms with Gasteiger partial charge >= 0.3 is 0 Å². The second-order valence-electron chi connectivity index (χ2n) is 7.05. The number of rotatable bonds is 6. The van der Waals surface area contributed by atoms with Gasteiger partial charge in [0.15, 0.2) is 17.4 Å². The van der Waals surface area contributed by atoms with Crippen molar-refractivity contribution in [1.82, 2.24) is 30.1 Å². The van der Waals surface area contributed by atoms with E-state index < -0.39 is 0 Å². The van der Waals surface area contributed by atoms with Crippen molar-refractivity contribution >= 4 is 35.6 Å². The molecule has 0 spiro atoms. The molecular formula is C21H28IN7. The number of hydrogen-bond donors (Lipinski definition) is 2. The summed E-state index contributed by atoms with van der Waals surface area (Å²) < 4.78 is 1.98. The van der Waals surface area contributed by atoms with E-state index in [1.165, 1.54) is 11.1 Å². The van der Waals surface area contributed by atoms with Gasteiger partial charge in [-0.05, 0) is 36.1 Å². The van der Waals surface area contributed by atoms with Crippen molar-refractivity contribution in [2.24, 2.45) is 4.99 Å². The monoisotopic (exact) mass is 505 g/mol. The summed E-state index contributed by atoms with van der Waals surface area (Å²) in [6, 6.07) is 14.7. The van der Waals surface area contributed by atoms with Gasteiger partial charge < -0.3 is 10.6 Å². The van der Waals surface area contributed by atoms with Crippen LogP contribution >= 0.6 is 24.0 Å². The lowest BCUT2D eigenvalue weighted by atomic mass is 10.00. The minimum Gasteiger partial charge on any atom is -0.356 e. The number of benzene rings is 1. The van der Waals surface area contributed by atoms with Gasteiger partial charge in [-0.2, -0.15) is 0 Å². The highest BCUT2D eigenvalue weighted by Crippen LogP contribution is 2.18. The van der Waals surface area contributed by atoms with E-state index in [1.54, 1.807) is 7.05 Å². The third-order valence-corrected chi connectivity index (χ3v) is 5.18. The summed E-state index contributed by atoms with van der Waals surface area (Å²) >= 11 is 0. The number of guanidine groups is 1. The molecule has 0 amide bonds. The maximum Gasteiger partial charge on any atom is 0.191 e. The molecule has 1 aliphatic rings. The number of nitrogens with zero attached hydrogens (tertiary/aromatic N) is 5. The van der Waals surface area contributed by atoms with Gasteiger partial charge in [0.05, 0.1) is 6.54 Å². The first-order valence-electron chi connectivity index (χ1n) is 9.86. The van der Waals surface area contributed by atoms with Gasteiger partial charge in [-0.25, -0.2) is 0 Å². The molecule has 1 aliphatic heterocycles. The smallest absolute Gasteiger partial charge is 0.191 e. The van der Waals surface area contributed by atoms with Crippen molar-refractivity contribution in [2.45, 2.75) is 25.9 Å². The maximum atomic E-state index is 4.31. The van der Waals surface area contributed by atoms with Crippen molar-refractivity contribution in [3.05, 3.63) is 65.6 Å². The van der Waals surface area contributed by atoms with Crippen LogP contribution in [0.4, 0.5) is 0 Å². The Morgan fingerprint density at radius 2 is 1.90 bits per heavy atom. The summed E-state index contributed by atoms with van der Waals surface area (Å²) in [5, 5.41) is 15.1. The zero-order valence-corrected chi connectivity index (χ0v) is 19.0. The van der Waals surface area contributed by atoms with Crippen LogP contribution in [0, 0.1) is 0 Å². The largest absolute Gasteiger partial charge is 0.356 e. The van der Waals surface area contributed by atoms with Crippen molar-refractivity contribution in [2.75, 3.05) is 26.7 Å². The van der Waals surface area contributed by atoms with Crippen LogP contribution in [0.15, 0.2) is 53.7 Å². The molecule has 0 atom stereocenters. The SMILES string of the molecule is CN=C(NCCCN1CCc2ccccc2C1)NCc1nnc2ccccn12.I. The molecule has 0 saturated heterocycles. The van der Waals surface area contributed by atoms with Crippen LogP contribution in [0.2, 0.25) is 0 Å². The van der Waals surface area contributed by atoms with Crippen LogP contribution in [0.3, 0.4) is 0 Å². The van der Waals surface area contributed by atoms with Gasteiger partial charge in [-0.3, -0.25) is 14.3 Å². The molecule has 2 aromatic heterocycles. The first-order valence-corrected chi connectivity index (χ1v) is 9.86. The fourth-order valence-electron chi connectivity index (χ4n) is 3.65. The van der Waals surface area contributed by atoms with E-state index in [-0.39, 0.29) is 24.0 Å². The van der Waals surface area contributed by atoms with Crippen LogP contribution in [0.25, 0.3) is 5.65 Å². The summed E-state index contributed by atoms with van der Waals surface area (Å²) in [6.45, 7) is 4.76. The minimum atomic E-state index is 0. The molecule has 3 aromatic rings. The normalized spacial score (nSPS) is 14.3. The number of halogens is 1. The molecule has 4 rings (SSSR count). The Balaban J connectivity index is 0.00000240. The summed E-state index contributed by atoms with van der Waals surface area (Å²) in [6.07, 6.45) is 4.20. The van der Waals surface area contributed by atoms with Crippen LogP contribution in [0.5, 0.6) is 0 Å². The van der Waals surface area contributed by atoms with E-state index in [4.69, 9.17) is 0 Å². The summed E-state index contributed by atoms with van der Waals surface area (Å²) in [5.74, 6) is 1.65. The van der Waals surface area contributed by atoms with E-state index in [9.17, 15) is 0 Å². The van der Waals surface area contributed by atoms with Crippen LogP contribution in [-0.2, 0) is 19.5 Å². The lowest BCUT2D eigenvalue weighted by Crippen LogP contribution is -2.39. The summed E-state index contributed by atoms with van der Waals surface area (Å²) in [4.78, 5) is 6.84. The average molecular weight is 505 g/mol. The number of pyridine rings is 1. The van der Waals surface area contributed by atoms with E-state index in [0.29, 0.717) is 6.54 Å². The van der Waals surface area contributed by atoms with Crippen LogP contribution < -0.4 is 10.6 Å². The molecule has 0 bridgehead atoms. The van der Waals surface area contributed by atoms with Crippen LogP contribution in [0.1, 0.15) is 23.4 Å². The highest BCUT2D eigenvalue weighted by molar-refractivity contribution is 14.0. The van der Waals surface area contributed by atoms with E-state index in [2.05, 4.69) is 55.0 Å². The Morgan fingerprint density at radius 1 is 1.07 bits per heavy atom. The number of aliphatic imine (C=N–C) groups is 1. The van der Waals surface area contributed by atoms with Gasteiger partial charge in [-0.1, -0.05) is 30.3 Å². The Labute approximate surface area is 188 Å². The maximum absolute atomic E-state index is 4.31. The van der Waals surface area contributed by atoms with Crippen molar-refractivity contribution in [1.29, 1.82) is 0 Å². The molecule has 7 nitrogen and oxygen atoms in total.